The fraction of sp³-hybridized carbons (Fsp3) is 0.115. The van der Waals surface area contributed by atoms with E-state index in [-0.39, 0.29) is 11.9 Å². The van der Waals surface area contributed by atoms with Gasteiger partial charge in [-0.1, -0.05) is 78.4 Å². The van der Waals surface area contributed by atoms with Crippen LogP contribution in [0.4, 0.5) is 5.69 Å². The van der Waals surface area contributed by atoms with E-state index in [0.717, 1.165) is 28.1 Å². The standard InChI is InChI=1S/C26H24N2O2/c1-19-14-16-22(17-15-19)27-26(29)25(21-11-6-3-7-12-21)28-24(23-13-8-18-30-23)20-9-4-2-5-10-20/h2-18,24-25,28H,1H3,(H,27,29)/p+1/t24-,25+/m0/s1. The van der Waals surface area contributed by atoms with Gasteiger partial charge in [0.25, 0.3) is 5.91 Å². The molecule has 0 fully saturated rings. The molecular formula is C26H25N2O2+. The van der Waals surface area contributed by atoms with Crippen LogP contribution in [0.2, 0.25) is 0 Å². The van der Waals surface area contributed by atoms with Gasteiger partial charge in [-0.3, -0.25) is 4.79 Å². The third-order valence-electron chi connectivity index (χ3n) is 5.15. The number of nitrogens with one attached hydrogen (secondary N) is 1. The van der Waals surface area contributed by atoms with Gasteiger partial charge in [0.1, 0.15) is 0 Å². The van der Waals surface area contributed by atoms with Crippen LogP contribution in [0, 0.1) is 6.92 Å². The van der Waals surface area contributed by atoms with Crippen LogP contribution in [0.1, 0.15) is 34.5 Å². The fourth-order valence-corrected chi connectivity index (χ4v) is 3.56. The highest BCUT2D eigenvalue weighted by molar-refractivity contribution is 5.94. The third kappa shape index (κ3) is 4.67. The van der Waals surface area contributed by atoms with Crippen LogP contribution in [0.25, 0.3) is 0 Å². The molecule has 2 atom stereocenters. The average molecular weight is 397 g/mol. The number of hydrogen-bond donors (Lipinski definition) is 2. The lowest BCUT2D eigenvalue weighted by Crippen LogP contribution is -2.88. The minimum atomic E-state index is -0.442. The number of quaternary nitrogens is 1. The number of rotatable bonds is 7. The molecular weight excluding hydrogens is 372 g/mol. The summed E-state index contributed by atoms with van der Waals surface area (Å²) in [6, 6.07) is 31.0. The first kappa shape index (κ1) is 19.7. The van der Waals surface area contributed by atoms with E-state index in [1.54, 1.807) is 6.26 Å². The van der Waals surface area contributed by atoms with E-state index in [4.69, 9.17) is 4.42 Å². The molecule has 3 aromatic carbocycles. The molecule has 0 unspecified atom stereocenters. The number of aryl methyl sites for hydroxylation is 1. The SMILES string of the molecule is Cc1ccc(NC(=O)[C@H]([NH2+][C@@H](c2ccccc2)c2ccco2)c2ccccc2)cc1. The topological polar surface area (TPSA) is 58.9 Å². The molecule has 4 heteroatoms. The van der Waals surface area contributed by atoms with Gasteiger partial charge in [0.2, 0.25) is 0 Å². The third-order valence-corrected chi connectivity index (χ3v) is 5.15. The summed E-state index contributed by atoms with van der Waals surface area (Å²) in [4.78, 5) is 13.4. The summed E-state index contributed by atoms with van der Waals surface area (Å²) in [7, 11) is 0. The zero-order chi connectivity index (χ0) is 20.8. The first-order valence-corrected chi connectivity index (χ1v) is 10.1. The maximum atomic E-state index is 13.4. The number of carbonyl (C=O) groups is 1. The second kappa shape index (κ2) is 9.25. The molecule has 4 nitrogen and oxygen atoms in total. The molecule has 0 saturated heterocycles. The monoisotopic (exact) mass is 397 g/mol. The van der Waals surface area contributed by atoms with Crippen LogP contribution >= 0.6 is 0 Å². The average Bonchev–Trinajstić information content (AvgIpc) is 3.32. The first-order chi connectivity index (χ1) is 14.7. The molecule has 0 aliphatic rings. The van der Waals surface area contributed by atoms with Gasteiger partial charge in [0.15, 0.2) is 17.8 Å². The second-order valence-electron chi connectivity index (χ2n) is 7.34. The van der Waals surface area contributed by atoms with Crippen molar-refractivity contribution in [2.24, 2.45) is 0 Å². The molecule has 0 aliphatic heterocycles. The second-order valence-corrected chi connectivity index (χ2v) is 7.34. The zero-order valence-electron chi connectivity index (χ0n) is 16.9. The quantitative estimate of drug-likeness (QED) is 0.478. The molecule has 1 aromatic heterocycles. The van der Waals surface area contributed by atoms with Gasteiger partial charge >= 0.3 is 0 Å². The number of hydrogen-bond acceptors (Lipinski definition) is 2. The molecule has 4 aromatic rings. The summed E-state index contributed by atoms with van der Waals surface area (Å²) in [5.41, 5.74) is 3.96. The zero-order valence-corrected chi connectivity index (χ0v) is 16.9. The summed E-state index contributed by atoms with van der Waals surface area (Å²) in [6.07, 6.45) is 1.67. The Morgan fingerprint density at radius 2 is 1.43 bits per heavy atom. The highest BCUT2D eigenvalue weighted by Crippen LogP contribution is 2.21. The van der Waals surface area contributed by atoms with Gasteiger partial charge in [-0.15, -0.1) is 0 Å². The molecule has 150 valence electrons. The van der Waals surface area contributed by atoms with E-state index in [1.165, 1.54) is 0 Å². The largest absolute Gasteiger partial charge is 0.463 e. The summed E-state index contributed by atoms with van der Waals surface area (Å²) >= 11 is 0. The Balaban J connectivity index is 1.66. The molecule has 0 aliphatic carbocycles. The molecule has 0 radical (unpaired) electrons. The summed E-state index contributed by atoms with van der Waals surface area (Å²) in [5.74, 6) is 0.739. The van der Waals surface area contributed by atoms with E-state index in [2.05, 4.69) is 22.8 Å². The van der Waals surface area contributed by atoms with Gasteiger partial charge in [0.05, 0.1) is 6.26 Å². The van der Waals surface area contributed by atoms with Gasteiger partial charge < -0.3 is 15.1 Å². The highest BCUT2D eigenvalue weighted by atomic mass is 16.3. The van der Waals surface area contributed by atoms with Gasteiger partial charge in [-0.2, -0.15) is 0 Å². The number of anilines is 1. The molecule has 0 saturated carbocycles. The molecule has 4 rings (SSSR count). The Morgan fingerprint density at radius 3 is 2.03 bits per heavy atom. The smallest absolute Gasteiger partial charge is 0.287 e. The van der Waals surface area contributed by atoms with E-state index in [0.29, 0.717) is 0 Å². The highest BCUT2D eigenvalue weighted by Gasteiger charge is 2.31. The molecule has 30 heavy (non-hydrogen) atoms. The molecule has 0 spiro atoms. The number of amides is 1. The predicted octanol–water partition coefficient (Wildman–Crippen LogP) is 4.62. The van der Waals surface area contributed by atoms with Crippen molar-refractivity contribution in [2.75, 3.05) is 5.32 Å². The van der Waals surface area contributed by atoms with Crippen molar-refractivity contribution in [3.8, 4) is 0 Å². The van der Waals surface area contributed by atoms with E-state index >= 15 is 0 Å². The number of furan rings is 1. The van der Waals surface area contributed by atoms with Crippen LogP contribution in [-0.4, -0.2) is 5.91 Å². The molecule has 3 N–H and O–H groups in total. The van der Waals surface area contributed by atoms with Crippen molar-refractivity contribution in [1.29, 1.82) is 0 Å². The normalized spacial score (nSPS) is 12.8. The molecule has 1 heterocycles. The first-order valence-electron chi connectivity index (χ1n) is 10.1. The Morgan fingerprint density at radius 1 is 0.800 bits per heavy atom. The van der Waals surface area contributed by atoms with Gasteiger partial charge in [-0.25, -0.2) is 0 Å². The minimum absolute atomic E-state index is 0.0717. The van der Waals surface area contributed by atoms with Gasteiger partial charge in [0, 0.05) is 16.8 Å². The Bertz CT molecular complexity index is 1060. The van der Waals surface area contributed by atoms with Crippen LogP contribution in [0.3, 0.4) is 0 Å². The summed E-state index contributed by atoms with van der Waals surface area (Å²) < 4.78 is 5.74. The van der Waals surface area contributed by atoms with Crippen LogP contribution < -0.4 is 10.6 Å². The maximum Gasteiger partial charge on any atom is 0.287 e. The van der Waals surface area contributed by atoms with Crippen molar-refractivity contribution in [2.45, 2.75) is 19.0 Å². The van der Waals surface area contributed by atoms with Crippen molar-refractivity contribution in [1.82, 2.24) is 0 Å². The van der Waals surface area contributed by atoms with Crippen LogP contribution in [0.5, 0.6) is 0 Å². The number of benzene rings is 3. The Labute approximate surface area is 176 Å². The number of carbonyl (C=O) groups excluding carboxylic acids is 1. The predicted molar refractivity (Wildman–Crippen MR) is 118 cm³/mol. The van der Waals surface area contributed by atoms with Crippen molar-refractivity contribution >= 4 is 11.6 Å². The van der Waals surface area contributed by atoms with E-state index < -0.39 is 6.04 Å². The van der Waals surface area contributed by atoms with Gasteiger partial charge in [-0.05, 0) is 31.2 Å². The molecule has 0 bridgehead atoms. The van der Waals surface area contributed by atoms with Crippen molar-refractivity contribution in [3.05, 3.63) is 126 Å². The van der Waals surface area contributed by atoms with Crippen LogP contribution in [-0.2, 0) is 4.79 Å². The van der Waals surface area contributed by atoms with Crippen molar-refractivity contribution in [3.63, 3.8) is 0 Å². The van der Waals surface area contributed by atoms with E-state index in [1.807, 2.05) is 91.9 Å². The lowest BCUT2D eigenvalue weighted by atomic mass is 10.00. The lowest BCUT2D eigenvalue weighted by Gasteiger charge is -2.22. The molecule has 1 amide bonds. The minimum Gasteiger partial charge on any atom is -0.463 e. The summed E-state index contributed by atoms with van der Waals surface area (Å²) in [6.45, 7) is 2.03. The van der Waals surface area contributed by atoms with Crippen LogP contribution in [0.15, 0.2) is 108 Å². The Kier molecular flexibility index (Phi) is 6.06. The Hall–Kier alpha value is -3.63. The van der Waals surface area contributed by atoms with Crippen molar-refractivity contribution < 1.29 is 14.5 Å². The summed E-state index contributed by atoms with van der Waals surface area (Å²) in [5, 5.41) is 5.13. The fourth-order valence-electron chi connectivity index (χ4n) is 3.56. The number of nitrogens with two attached hydrogens (primary N) is 1. The maximum absolute atomic E-state index is 13.4. The lowest BCUT2D eigenvalue weighted by molar-refractivity contribution is -0.715. The van der Waals surface area contributed by atoms with E-state index in [9.17, 15) is 4.79 Å².